The number of nitrogens with two attached hydrogens (primary N) is 1. The van der Waals surface area contributed by atoms with Gasteiger partial charge in [0.2, 0.25) is 0 Å². The van der Waals surface area contributed by atoms with Gasteiger partial charge in [0.1, 0.15) is 11.8 Å². The number of carboxylic acid groups (broad SMARTS) is 1. The van der Waals surface area contributed by atoms with Gasteiger partial charge in [0.05, 0.1) is 12.7 Å². The van der Waals surface area contributed by atoms with Crippen LogP contribution in [-0.4, -0.2) is 30.0 Å². The second-order valence-electron chi connectivity index (χ2n) is 3.42. The first-order valence-electron chi connectivity index (χ1n) is 4.81. The van der Waals surface area contributed by atoms with Crippen LogP contribution in [0.2, 0.25) is 5.02 Å². The molecule has 0 amide bonds. The molecule has 1 rings (SSSR count). The van der Waals surface area contributed by atoms with Gasteiger partial charge in [-0.15, -0.1) is 0 Å². The molecule has 0 radical (unpaired) electrons. The summed E-state index contributed by atoms with van der Waals surface area (Å²) < 4.78 is 5.00. The average Bonchev–Trinajstić information content (AvgIpc) is 2.28. The number of carbonyl (C=O) groups is 2. The number of rotatable bonds is 5. The van der Waals surface area contributed by atoms with Gasteiger partial charge in [-0.05, 0) is 18.2 Å². The smallest absolute Gasteiger partial charge is 0.320 e. The lowest BCUT2D eigenvalue weighted by Gasteiger charge is -2.09. The van der Waals surface area contributed by atoms with Crippen LogP contribution in [-0.2, 0) is 4.79 Å². The summed E-state index contributed by atoms with van der Waals surface area (Å²) in [6.45, 7) is 0. The largest absolute Gasteiger partial charge is 0.496 e. The molecule has 0 bridgehead atoms. The van der Waals surface area contributed by atoms with E-state index in [4.69, 9.17) is 27.2 Å². The highest BCUT2D eigenvalue weighted by molar-refractivity contribution is 6.31. The Morgan fingerprint density at radius 3 is 2.71 bits per heavy atom. The summed E-state index contributed by atoms with van der Waals surface area (Å²) in [5, 5.41) is 9.00. The quantitative estimate of drug-likeness (QED) is 0.777. The number of methoxy groups -OCH3 is 1. The van der Waals surface area contributed by atoms with Crippen molar-refractivity contribution in [1.29, 1.82) is 0 Å². The van der Waals surface area contributed by atoms with E-state index in [2.05, 4.69) is 0 Å². The van der Waals surface area contributed by atoms with E-state index in [0.29, 0.717) is 10.8 Å². The van der Waals surface area contributed by atoms with E-state index in [9.17, 15) is 9.59 Å². The van der Waals surface area contributed by atoms with Crippen LogP contribution in [0.15, 0.2) is 18.2 Å². The number of aliphatic carboxylic acids is 1. The summed E-state index contributed by atoms with van der Waals surface area (Å²) in [5.74, 6) is -1.30. The number of Topliss-reactive ketones (excluding diaryl/α,β-unsaturated/α-hetero) is 1. The van der Waals surface area contributed by atoms with E-state index in [1.807, 2.05) is 0 Å². The molecule has 1 aromatic rings. The molecule has 6 heteroatoms. The Hall–Kier alpha value is -1.59. The number of carbonyl (C=O) groups excluding carboxylic acids is 1. The van der Waals surface area contributed by atoms with Gasteiger partial charge in [0, 0.05) is 11.4 Å². The first-order valence-corrected chi connectivity index (χ1v) is 5.18. The topological polar surface area (TPSA) is 89.6 Å². The summed E-state index contributed by atoms with van der Waals surface area (Å²) in [5.41, 5.74) is 5.52. The third-order valence-corrected chi connectivity index (χ3v) is 2.42. The van der Waals surface area contributed by atoms with Gasteiger partial charge in [-0.2, -0.15) is 0 Å². The van der Waals surface area contributed by atoms with Gasteiger partial charge in [0.25, 0.3) is 0 Å². The lowest BCUT2D eigenvalue weighted by Crippen LogP contribution is -2.32. The Morgan fingerprint density at radius 1 is 1.53 bits per heavy atom. The molecule has 17 heavy (non-hydrogen) atoms. The SMILES string of the molecule is COc1ccc(Cl)cc1C(=O)C[C@H](N)C(=O)O. The highest BCUT2D eigenvalue weighted by atomic mass is 35.5. The fourth-order valence-electron chi connectivity index (χ4n) is 1.30. The lowest BCUT2D eigenvalue weighted by atomic mass is 10.0. The van der Waals surface area contributed by atoms with Gasteiger partial charge in [0.15, 0.2) is 5.78 Å². The molecule has 3 N–H and O–H groups in total. The molecule has 0 aromatic heterocycles. The highest BCUT2D eigenvalue weighted by Crippen LogP contribution is 2.24. The van der Waals surface area contributed by atoms with E-state index in [1.54, 1.807) is 12.1 Å². The normalized spacial score (nSPS) is 11.9. The number of ketones is 1. The number of ether oxygens (including phenoxy) is 1. The van der Waals surface area contributed by atoms with Gasteiger partial charge < -0.3 is 15.6 Å². The number of hydrogen-bond donors (Lipinski definition) is 2. The van der Waals surface area contributed by atoms with E-state index in [0.717, 1.165) is 0 Å². The highest BCUT2D eigenvalue weighted by Gasteiger charge is 2.20. The third-order valence-electron chi connectivity index (χ3n) is 2.18. The standard InChI is InChI=1S/C11H12ClNO4/c1-17-10-3-2-6(12)4-7(10)9(14)5-8(13)11(15)16/h2-4,8H,5,13H2,1H3,(H,15,16)/t8-/m0/s1. The van der Waals surface area contributed by atoms with Crippen molar-refractivity contribution in [3.05, 3.63) is 28.8 Å². The number of benzene rings is 1. The number of hydrogen-bond acceptors (Lipinski definition) is 4. The maximum Gasteiger partial charge on any atom is 0.320 e. The van der Waals surface area contributed by atoms with Crippen molar-refractivity contribution in [2.75, 3.05) is 7.11 Å². The zero-order chi connectivity index (χ0) is 13.0. The molecule has 5 nitrogen and oxygen atoms in total. The zero-order valence-electron chi connectivity index (χ0n) is 9.14. The van der Waals surface area contributed by atoms with Crippen LogP contribution in [0.25, 0.3) is 0 Å². The summed E-state index contributed by atoms with van der Waals surface area (Å²) >= 11 is 5.76. The van der Waals surface area contributed by atoms with Crippen LogP contribution in [0.1, 0.15) is 16.8 Å². The fourth-order valence-corrected chi connectivity index (χ4v) is 1.47. The minimum Gasteiger partial charge on any atom is -0.496 e. The molecule has 1 atom stereocenters. The summed E-state index contributed by atoms with van der Waals surface area (Å²) in [6.07, 6.45) is -0.300. The second-order valence-corrected chi connectivity index (χ2v) is 3.85. The van der Waals surface area contributed by atoms with Crippen LogP contribution >= 0.6 is 11.6 Å². The van der Waals surface area contributed by atoms with Crippen LogP contribution in [0.3, 0.4) is 0 Å². The van der Waals surface area contributed by atoms with Crippen LogP contribution in [0.5, 0.6) is 5.75 Å². The molecule has 92 valence electrons. The van der Waals surface area contributed by atoms with E-state index in [-0.39, 0.29) is 12.0 Å². The number of carboxylic acids is 1. The van der Waals surface area contributed by atoms with Gasteiger partial charge >= 0.3 is 5.97 Å². The van der Waals surface area contributed by atoms with E-state index >= 15 is 0 Å². The minimum absolute atomic E-state index is 0.233. The van der Waals surface area contributed by atoms with Gasteiger partial charge in [-0.3, -0.25) is 9.59 Å². The molecule has 0 heterocycles. The van der Waals surface area contributed by atoms with Crippen molar-refractivity contribution in [3.8, 4) is 5.75 Å². The Bertz CT molecular complexity index is 447. The molecule has 0 fully saturated rings. The average molecular weight is 258 g/mol. The Labute approximate surface area is 103 Å². The molecule has 1 aromatic carbocycles. The molecule has 0 saturated carbocycles. The van der Waals surface area contributed by atoms with Crippen LogP contribution in [0.4, 0.5) is 0 Å². The van der Waals surface area contributed by atoms with Crippen molar-refractivity contribution in [2.45, 2.75) is 12.5 Å². The zero-order valence-corrected chi connectivity index (χ0v) is 9.90. The van der Waals surface area contributed by atoms with E-state index in [1.165, 1.54) is 13.2 Å². The van der Waals surface area contributed by atoms with Crippen molar-refractivity contribution >= 4 is 23.4 Å². The van der Waals surface area contributed by atoms with Crippen molar-refractivity contribution < 1.29 is 19.4 Å². The maximum atomic E-state index is 11.8. The molecule has 0 spiro atoms. The molecule has 0 unspecified atom stereocenters. The molecule has 0 aliphatic heterocycles. The Morgan fingerprint density at radius 2 is 2.18 bits per heavy atom. The van der Waals surface area contributed by atoms with Crippen molar-refractivity contribution in [2.24, 2.45) is 5.73 Å². The fraction of sp³-hybridized carbons (Fsp3) is 0.273. The molecular weight excluding hydrogens is 246 g/mol. The molecule has 0 saturated heterocycles. The van der Waals surface area contributed by atoms with Crippen LogP contribution in [0, 0.1) is 0 Å². The van der Waals surface area contributed by atoms with E-state index < -0.39 is 17.8 Å². The second kappa shape index (κ2) is 5.65. The lowest BCUT2D eigenvalue weighted by molar-refractivity contribution is -0.138. The summed E-state index contributed by atoms with van der Waals surface area (Å²) in [6, 6.07) is 3.32. The Balaban J connectivity index is 2.95. The monoisotopic (exact) mass is 257 g/mol. The van der Waals surface area contributed by atoms with Gasteiger partial charge in [-0.1, -0.05) is 11.6 Å². The van der Waals surface area contributed by atoms with Crippen molar-refractivity contribution in [1.82, 2.24) is 0 Å². The molecule has 0 aliphatic rings. The summed E-state index contributed by atoms with van der Waals surface area (Å²) in [4.78, 5) is 22.4. The third kappa shape index (κ3) is 3.44. The first kappa shape index (κ1) is 13.5. The predicted molar refractivity (Wildman–Crippen MR) is 62.6 cm³/mol. The Kier molecular flexibility index (Phi) is 4.48. The van der Waals surface area contributed by atoms with Crippen molar-refractivity contribution in [3.63, 3.8) is 0 Å². The molecular formula is C11H12ClNO4. The predicted octanol–water partition coefficient (Wildman–Crippen LogP) is 1.33. The van der Waals surface area contributed by atoms with Gasteiger partial charge in [-0.25, -0.2) is 0 Å². The maximum absolute atomic E-state index is 11.8. The summed E-state index contributed by atoms with van der Waals surface area (Å²) in [7, 11) is 1.41. The van der Waals surface area contributed by atoms with Crippen LogP contribution < -0.4 is 10.5 Å². The minimum atomic E-state index is -1.23. The first-order chi connectivity index (χ1) is 7.95. The number of halogens is 1. The molecule has 0 aliphatic carbocycles.